The third-order valence-corrected chi connectivity index (χ3v) is 1.94. The molecule has 0 fully saturated rings. The summed E-state index contributed by atoms with van der Waals surface area (Å²) in [4.78, 5) is 14.5. The quantitative estimate of drug-likeness (QED) is 0.751. The summed E-state index contributed by atoms with van der Waals surface area (Å²) < 4.78 is 6.83. The van der Waals surface area contributed by atoms with Crippen molar-refractivity contribution in [3.05, 3.63) is 12.2 Å². The summed E-state index contributed by atoms with van der Waals surface area (Å²) in [5.74, 6) is -0.318. The van der Waals surface area contributed by atoms with E-state index in [0.717, 1.165) is 13.0 Å². The number of nitrogens with zero attached hydrogens (tertiary/aromatic N) is 3. The largest absolute Gasteiger partial charge is 0.479 e. The third-order valence-electron chi connectivity index (χ3n) is 1.94. The second-order valence-electron chi connectivity index (χ2n) is 3.19. The Kier molecular flexibility index (Phi) is 4.23. The average molecular weight is 213 g/mol. The molecule has 0 amide bonds. The van der Waals surface area contributed by atoms with Crippen LogP contribution in [0.1, 0.15) is 26.1 Å². The van der Waals surface area contributed by atoms with Crippen LogP contribution in [0.15, 0.2) is 6.33 Å². The highest BCUT2D eigenvalue weighted by Gasteiger charge is 2.12. The summed E-state index contributed by atoms with van der Waals surface area (Å²) in [7, 11) is 0. The molecule has 0 bridgehead atoms. The molecule has 0 unspecified atom stereocenters. The summed E-state index contributed by atoms with van der Waals surface area (Å²) in [5, 5.41) is 12.6. The second kappa shape index (κ2) is 5.45. The maximum Gasteiger partial charge on any atom is 0.332 e. The van der Waals surface area contributed by atoms with Gasteiger partial charge in [-0.2, -0.15) is 5.10 Å². The molecule has 0 spiro atoms. The SMILES string of the molecule is CCCn1ncnc1CO[C@H](C)C(=O)O. The molecule has 0 saturated heterocycles. The first-order valence-corrected chi connectivity index (χ1v) is 4.86. The molecule has 1 atom stereocenters. The van der Waals surface area contributed by atoms with Crippen LogP contribution in [-0.4, -0.2) is 31.9 Å². The van der Waals surface area contributed by atoms with Crippen LogP contribution < -0.4 is 0 Å². The first-order chi connectivity index (χ1) is 7.15. The summed E-state index contributed by atoms with van der Waals surface area (Å²) in [6.07, 6.45) is 1.57. The zero-order chi connectivity index (χ0) is 11.3. The van der Waals surface area contributed by atoms with Crippen LogP contribution in [0.3, 0.4) is 0 Å². The van der Waals surface area contributed by atoms with Crippen molar-refractivity contribution in [2.75, 3.05) is 0 Å². The van der Waals surface area contributed by atoms with E-state index in [-0.39, 0.29) is 6.61 Å². The number of aliphatic carboxylic acids is 1. The predicted octanol–water partition coefficient (Wildman–Crippen LogP) is 0.678. The summed E-state index contributed by atoms with van der Waals surface area (Å²) in [5.41, 5.74) is 0. The second-order valence-corrected chi connectivity index (χ2v) is 3.19. The Morgan fingerprint density at radius 3 is 3.07 bits per heavy atom. The number of carboxylic acid groups (broad SMARTS) is 1. The van der Waals surface area contributed by atoms with Gasteiger partial charge in [-0.15, -0.1) is 0 Å². The number of aryl methyl sites for hydroxylation is 1. The van der Waals surface area contributed by atoms with E-state index in [2.05, 4.69) is 10.1 Å². The van der Waals surface area contributed by atoms with Crippen LogP contribution in [0.4, 0.5) is 0 Å². The number of carboxylic acids is 1. The van der Waals surface area contributed by atoms with Crippen LogP contribution >= 0.6 is 0 Å². The highest BCUT2D eigenvalue weighted by atomic mass is 16.5. The van der Waals surface area contributed by atoms with Gasteiger partial charge in [0.05, 0.1) is 0 Å². The van der Waals surface area contributed by atoms with E-state index in [4.69, 9.17) is 9.84 Å². The maximum absolute atomic E-state index is 10.5. The van der Waals surface area contributed by atoms with E-state index in [1.54, 1.807) is 4.68 Å². The molecule has 0 aromatic carbocycles. The molecule has 1 aromatic heterocycles. The molecule has 0 aliphatic rings. The standard InChI is InChI=1S/C9H15N3O3/c1-3-4-12-8(10-6-11-12)5-15-7(2)9(13)14/h6-7H,3-5H2,1-2H3,(H,13,14)/t7-/m1/s1. The zero-order valence-electron chi connectivity index (χ0n) is 8.88. The molecule has 1 rings (SSSR count). The molecule has 6 heteroatoms. The van der Waals surface area contributed by atoms with Gasteiger partial charge in [-0.3, -0.25) is 0 Å². The normalized spacial score (nSPS) is 12.7. The van der Waals surface area contributed by atoms with Crippen LogP contribution in [0.5, 0.6) is 0 Å². The van der Waals surface area contributed by atoms with Gasteiger partial charge in [0.1, 0.15) is 12.9 Å². The molecule has 15 heavy (non-hydrogen) atoms. The van der Waals surface area contributed by atoms with Crippen molar-refractivity contribution in [2.24, 2.45) is 0 Å². The zero-order valence-corrected chi connectivity index (χ0v) is 8.88. The Hall–Kier alpha value is -1.43. The first-order valence-electron chi connectivity index (χ1n) is 4.86. The van der Waals surface area contributed by atoms with Crippen LogP contribution in [0, 0.1) is 0 Å². The van der Waals surface area contributed by atoms with Crippen molar-refractivity contribution < 1.29 is 14.6 Å². The van der Waals surface area contributed by atoms with E-state index in [0.29, 0.717) is 5.82 Å². The highest BCUT2D eigenvalue weighted by molar-refractivity contribution is 5.71. The first kappa shape index (κ1) is 11.6. The van der Waals surface area contributed by atoms with Gasteiger partial charge in [-0.05, 0) is 13.3 Å². The summed E-state index contributed by atoms with van der Waals surface area (Å²) in [6.45, 7) is 4.46. The number of aromatic nitrogens is 3. The Morgan fingerprint density at radius 2 is 2.47 bits per heavy atom. The molecule has 0 radical (unpaired) electrons. The lowest BCUT2D eigenvalue weighted by atomic mass is 10.4. The third kappa shape index (κ3) is 3.32. The van der Waals surface area contributed by atoms with Gasteiger partial charge < -0.3 is 9.84 Å². The van der Waals surface area contributed by atoms with Gasteiger partial charge in [0.15, 0.2) is 11.9 Å². The number of hydrogen-bond donors (Lipinski definition) is 1. The fourth-order valence-electron chi connectivity index (χ4n) is 1.07. The van der Waals surface area contributed by atoms with Crippen molar-refractivity contribution in [1.29, 1.82) is 0 Å². The molecule has 0 saturated carbocycles. The van der Waals surface area contributed by atoms with Crippen molar-refractivity contribution in [1.82, 2.24) is 14.8 Å². The van der Waals surface area contributed by atoms with Crippen molar-refractivity contribution in [3.8, 4) is 0 Å². The van der Waals surface area contributed by atoms with Crippen molar-refractivity contribution in [2.45, 2.75) is 39.5 Å². The summed E-state index contributed by atoms with van der Waals surface area (Å²) in [6, 6.07) is 0. The van der Waals surface area contributed by atoms with Gasteiger partial charge in [-0.1, -0.05) is 6.92 Å². The van der Waals surface area contributed by atoms with Gasteiger partial charge >= 0.3 is 5.97 Å². The smallest absolute Gasteiger partial charge is 0.332 e. The van der Waals surface area contributed by atoms with E-state index in [1.165, 1.54) is 13.3 Å². The number of ether oxygens (including phenoxy) is 1. The van der Waals surface area contributed by atoms with Gasteiger partial charge in [-0.25, -0.2) is 14.5 Å². The minimum atomic E-state index is -0.975. The molecule has 84 valence electrons. The van der Waals surface area contributed by atoms with Gasteiger partial charge in [0.2, 0.25) is 0 Å². The molecular weight excluding hydrogens is 198 g/mol. The monoisotopic (exact) mass is 213 g/mol. The molecule has 1 heterocycles. The molecule has 0 aliphatic carbocycles. The van der Waals surface area contributed by atoms with E-state index in [9.17, 15) is 4.79 Å². The predicted molar refractivity (Wildman–Crippen MR) is 52.2 cm³/mol. The number of rotatable bonds is 6. The molecular formula is C9H15N3O3. The Balaban J connectivity index is 2.49. The van der Waals surface area contributed by atoms with Crippen molar-refractivity contribution in [3.63, 3.8) is 0 Å². The van der Waals surface area contributed by atoms with Gasteiger partial charge in [0, 0.05) is 6.54 Å². The van der Waals surface area contributed by atoms with Crippen LogP contribution in [0.2, 0.25) is 0 Å². The van der Waals surface area contributed by atoms with Crippen LogP contribution in [-0.2, 0) is 22.7 Å². The van der Waals surface area contributed by atoms with Crippen molar-refractivity contribution >= 4 is 5.97 Å². The van der Waals surface area contributed by atoms with Gasteiger partial charge in [0.25, 0.3) is 0 Å². The Bertz CT molecular complexity index is 324. The number of hydrogen-bond acceptors (Lipinski definition) is 4. The minimum Gasteiger partial charge on any atom is -0.479 e. The minimum absolute atomic E-state index is 0.174. The van der Waals surface area contributed by atoms with Crippen LogP contribution in [0.25, 0.3) is 0 Å². The topological polar surface area (TPSA) is 77.2 Å². The Morgan fingerprint density at radius 1 is 1.73 bits per heavy atom. The molecule has 0 aliphatic heterocycles. The molecule has 1 aromatic rings. The summed E-state index contributed by atoms with van der Waals surface area (Å²) >= 11 is 0. The fraction of sp³-hybridized carbons (Fsp3) is 0.667. The van der Waals surface area contributed by atoms with E-state index in [1.807, 2.05) is 6.92 Å². The molecule has 1 N–H and O–H groups in total. The van der Waals surface area contributed by atoms with E-state index < -0.39 is 12.1 Å². The lowest BCUT2D eigenvalue weighted by Crippen LogP contribution is -2.20. The lowest BCUT2D eigenvalue weighted by molar-refractivity contribution is -0.150. The van der Waals surface area contributed by atoms with E-state index >= 15 is 0 Å². The Labute approximate surface area is 87.9 Å². The highest BCUT2D eigenvalue weighted by Crippen LogP contribution is 2.01. The number of carbonyl (C=O) groups is 1. The lowest BCUT2D eigenvalue weighted by Gasteiger charge is -2.08. The maximum atomic E-state index is 10.5. The molecule has 6 nitrogen and oxygen atoms in total. The fourth-order valence-corrected chi connectivity index (χ4v) is 1.07. The average Bonchev–Trinajstić information content (AvgIpc) is 2.62.